The van der Waals surface area contributed by atoms with Crippen molar-refractivity contribution in [2.45, 2.75) is 19.8 Å². The van der Waals surface area contributed by atoms with E-state index in [2.05, 4.69) is 5.32 Å². The fraction of sp³-hybridized carbons (Fsp3) is 0.500. The molecule has 0 unspecified atom stereocenters. The van der Waals surface area contributed by atoms with E-state index in [9.17, 15) is 4.79 Å². The lowest BCUT2D eigenvalue weighted by Crippen LogP contribution is -2.21. The quantitative estimate of drug-likeness (QED) is 0.482. The molecule has 1 amide bonds. The number of nitrogens with zero attached hydrogens (tertiary/aromatic N) is 1. The van der Waals surface area contributed by atoms with Gasteiger partial charge in [-0.05, 0) is 19.4 Å². The lowest BCUT2D eigenvalue weighted by molar-refractivity contribution is -0.116. The molecule has 0 aromatic rings. The van der Waals surface area contributed by atoms with Crippen LogP contribution in [0.15, 0.2) is 12.2 Å². The van der Waals surface area contributed by atoms with Crippen molar-refractivity contribution in [3.8, 4) is 6.07 Å². The number of nitriles is 1. The number of nitrogens with one attached hydrogen (secondary N) is 1. The highest BCUT2D eigenvalue weighted by Crippen LogP contribution is 1.82. The molecule has 11 heavy (non-hydrogen) atoms. The summed E-state index contributed by atoms with van der Waals surface area (Å²) >= 11 is 0. The largest absolute Gasteiger partial charge is 0.353 e. The summed E-state index contributed by atoms with van der Waals surface area (Å²) < 4.78 is 0. The van der Waals surface area contributed by atoms with Crippen LogP contribution < -0.4 is 5.32 Å². The van der Waals surface area contributed by atoms with Gasteiger partial charge in [-0.25, -0.2) is 0 Å². The summed E-state index contributed by atoms with van der Waals surface area (Å²) in [5, 5.41) is 10.8. The molecular formula is C8H12N2O. The first-order valence-corrected chi connectivity index (χ1v) is 3.58. The van der Waals surface area contributed by atoms with Crippen molar-refractivity contribution in [3.05, 3.63) is 12.2 Å². The first kappa shape index (κ1) is 9.70. The Hall–Kier alpha value is -1.30. The molecule has 0 aromatic heterocycles. The van der Waals surface area contributed by atoms with E-state index in [1.165, 1.54) is 6.08 Å². The maximum absolute atomic E-state index is 10.7. The molecule has 0 radical (unpaired) electrons. The number of allylic oxidation sites excluding steroid dienone is 1. The van der Waals surface area contributed by atoms with Crippen molar-refractivity contribution < 1.29 is 4.79 Å². The number of carbonyl (C=O) groups excluding carboxylic acids is 1. The van der Waals surface area contributed by atoms with Gasteiger partial charge in [-0.1, -0.05) is 6.08 Å². The van der Waals surface area contributed by atoms with Gasteiger partial charge in [-0.3, -0.25) is 4.79 Å². The second kappa shape index (κ2) is 6.81. The topological polar surface area (TPSA) is 52.9 Å². The summed E-state index contributed by atoms with van der Waals surface area (Å²) in [6.07, 6.45) is 4.36. The maximum Gasteiger partial charge on any atom is 0.243 e. The predicted octanol–water partition coefficient (Wildman–Crippen LogP) is 0.982. The molecule has 60 valence electrons. The molecule has 3 heteroatoms. The number of amides is 1. The highest BCUT2D eigenvalue weighted by atomic mass is 16.1. The fourth-order valence-corrected chi connectivity index (χ4v) is 0.589. The van der Waals surface area contributed by atoms with E-state index < -0.39 is 0 Å². The molecule has 0 saturated heterocycles. The Balaban J connectivity index is 3.26. The van der Waals surface area contributed by atoms with Crippen molar-refractivity contribution in [3.63, 3.8) is 0 Å². The van der Waals surface area contributed by atoms with Gasteiger partial charge in [0.05, 0.1) is 6.07 Å². The lowest BCUT2D eigenvalue weighted by atomic mass is 10.3. The Morgan fingerprint density at radius 2 is 2.45 bits per heavy atom. The molecule has 0 spiro atoms. The van der Waals surface area contributed by atoms with E-state index in [1.807, 2.05) is 6.07 Å². The van der Waals surface area contributed by atoms with Gasteiger partial charge in [0.2, 0.25) is 5.91 Å². The van der Waals surface area contributed by atoms with Crippen LogP contribution in [0.3, 0.4) is 0 Å². The Morgan fingerprint density at radius 3 is 3.00 bits per heavy atom. The lowest BCUT2D eigenvalue weighted by Gasteiger charge is -1.97. The van der Waals surface area contributed by atoms with E-state index in [0.29, 0.717) is 13.0 Å². The van der Waals surface area contributed by atoms with Gasteiger partial charge in [0, 0.05) is 13.0 Å². The zero-order valence-corrected chi connectivity index (χ0v) is 6.63. The molecule has 0 aliphatic carbocycles. The van der Waals surface area contributed by atoms with E-state index in [1.54, 1.807) is 13.0 Å². The Kier molecular flexibility index (Phi) is 6.01. The highest BCUT2D eigenvalue weighted by Gasteiger charge is 1.91. The summed E-state index contributed by atoms with van der Waals surface area (Å²) in [5.74, 6) is -0.0922. The highest BCUT2D eigenvalue weighted by molar-refractivity contribution is 5.87. The third-order valence-electron chi connectivity index (χ3n) is 1.08. The summed E-state index contributed by atoms with van der Waals surface area (Å²) in [6.45, 7) is 2.37. The Labute approximate surface area is 66.7 Å². The first-order chi connectivity index (χ1) is 5.31. The minimum absolute atomic E-state index is 0.0922. The summed E-state index contributed by atoms with van der Waals surface area (Å²) in [7, 11) is 0. The minimum Gasteiger partial charge on any atom is -0.353 e. The summed E-state index contributed by atoms with van der Waals surface area (Å²) in [6, 6.07) is 2.00. The molecule has 0 atom stereocenters. The third kappa shape index (κ3) is 6.59. The molecule has 0 heterocycles. The van der Waals surface area contributed by atoms with E-state index in [0.717, 1.165) is 6.42 Å². The van der Waals surface area contributed by atoms with Crippen LogP contribution in [0, 0.1) is 11.3 Å². The van der Waals surface area contributed by atoms with Gasteiger partial charge in [0.15, 0.2) is 0 Å². The molecule has 0 aromatic carbocycles. The normalized spacial score (nSPS) is 9.45. The number of rotatable bonds is 4. The van der Waals surface area contributed by atoms with Gasteiger partial charge in [0.25, 0.3) is 0 Å². The van der Waals surface area contributed by atoms with Crippen molar-refractivity contribution in [1.29, 1.82) is 5.26 Å². The second-order valence-corrected chi connectivity index (χ2v) is 2.05. The van der Waals surface area contributed by atoms with Crippen LogP contribution in [-0.4, -0.2) is 12.5 Å². The molecule has 0 aliphatic rings. The van der Waals surface area contributed by atoms with Crippen molar-refractivity contribution in [2.75, 3.05) is 6.54 Å². The van der Waals surface area contributed by atoms with Crippen molar-refractivity contribution >= 4 is 5.91 Å². The van der Waals surface area contributed by atoms with Gasteiger partial charge >= 0.3 is 0 Å². The standard InChI is InChI=1S/C8H12N2O/c1-2-5-8(11)10-7-4-3-6-9/h2,5H,3-4,7H2,1H3,(H,10,11)/b5-2+. The molecule has 0 saturated carbocycles. The molecule has 0 bridgehead atoms. The zero-order chi connectivity index (χ0) is 8.53. The van der Waals surface area contributed by atoms with Crippen LogP contribution in [-0.2, 0) is 4.79 Å². The molecular weight excluding hydrogens is 140 g/mol. The van der Waals surface area contributed by atoms with Gasteiger partial charge in [-0.2, -0.15) is 5.26 Å². The van der Waals surface area contributed by atoms with Crippen LogP contribution in [0.5, 0.6) is 0 Å². The zero-order valence-electron chi connectivity index (χ0n) is 6.63. The first-order valence-electron chi connectivity index (χ1n) is 3.58. The monoisotopic (exact) mass is 152 g/mol. The van der Waals surface area contributed by atoms with Gasteiger partial charge in [0.1, 0.15) is 0 Å². The van der Waals surface area contributed by atoms with Crippen LogP contribution in [0.1, 0.15) is 19.8 Å². The average molecular weight is 152 g/mol. The van der Waals surface area contributed by atoms with Crippen LogP contribution in [0.4, 0.5) is 0 Å². The third-order valence-corrected chi connectivity index (χ3v) is 1.08. The van der Waals surface area contributed by atoms with Gasteiger partial charge in [-0.15, -0.1) is 0 Å². The summed E-state index contributed by atoms with van der Waals surface area (Å²) in [4.78, 5) is 10.7. The number of carbonyl (C=O) groups is 1. The van der Waals surface area contributed by atoms with E-state index in [-0.39, 0.29) is 5.91 Å². The number of unbranched alkanes of at least 4 members (excludes halogenated alkanes) is 1. The molecule has 0 fully saturated rings. The van der Waals surface area contributed by atoms with E-state index in [4.69, 9.17) is 5.26 Å². The van der Waals surface area contributed by atoms with Crippen molar-refractivity contribution in [1.82, 2.24) is 5.32 Å². The molecule has 3 nitrogen and oxygen atoms in total. The van der Waals surface area contributed by atoms with Crippen LogP contribution in [0.25, 0.3) is 0 Å². The van der Waals surface area contributed by atoms with Crippen LogP contribution >= 0.6 is 0 Å². The van der Waals surface area contributed by atoms with E-state index >= 15 is 0 Å². The second-order valence-electron chi connectivity index (χ2n) is 2.05. The fourth-order valence-electron chi connectivity index (χ4n) is 0.589. The summed E-state index contributed by atoms with van der Waals surface area (Å²) in [5.41, 5.74) is 0. The predicted molar refractivity (Wildman–Crippen MR) is 42.7 cm³/mol. The van der Waals surface area contributed by atoms with Crippen LogP contribution in [0.2, 0.25) is 0 Å². The SMILES string of the molecule is C/C=C/C(=O)NCCCC#N. The minimum atomic E-state index is -0.0922. The van der Waals surface area contributed by atoms with Crippen molar-refractivity contribution in [2.24, 2.45) is 0 Å². The molecule has 0 aliphatic heterocycles. The maximum atomic E-state index is 10.7. The smallest absolute Gasteiger partial charge is 0.243 e. The number of hydrogen-bond acceptors (Lipinski definition) is 2. The molecule has 0 rings (SSSR count). The Morgan fingerprint density at radius 1 is 1.73 bits per heavy atom. The Bertz CT molecular complexity index is 179. The van der Waals surface area contributed by atoms with Gasteiger partial charge < -0.3 is 5.32 Å². The average Bonchev–Trinajstić information content (AvgIpc) is 1.99. The number of hydrogen-bond donors (Lipinski definition) is 1. The molecule has 1 N–H and O–H groups in total.